The Kier molecular flexibility index (Phi) is 7.53. The highest BCUT2D eigenvalue weighted by atomic mass is 16.5. The van der Waals surface area contributed by atoms with Crippen molar-refractivity contribution < 1.29 is 19.0 Å². The molecule has 0 saturated heterocycles. The molecule has 2 atom stereocenters. The van der Waals surface area contributed by atoms with Crippen LogP contribution in [0.3, 0.4) is 0 Å². The van der Waals surface area contributed by atoms with E-state index in [2.05, 4.69) is 15.0 Å². The average Bonchev–Trinajstić information content (AvgIpc) is 3.15. The molecule has 0 aliphatic carbocycles. The van der Waals surface area contributed by atoms with Gasteiger partial charge in [0.1, 0.15) is 24.2 Å². The molecule has 3 aromatic carbocycles. The number of hydrogen-bond donors (Lipinski definition) is 0. The zero-order valence-corrected chi connectivity index (χ0v) is 20.4. The summed E-state index contributed by atoms with van der Waals surface area (Å²) in [5.41, 5.74) is 10.3. The fourth-order valence-corrected chi connectivity index (χ4v) is 4.33. The fraction of sp³-hybridized carbons (Fsp3) is 0.259. The van der Waals surface area contributed by atoms with Crippen molar-refractivity contribution in [1.29, 1.82) is 0 Å². The van der Waals surface area contributed by atoms with Gasteiger partial charge in [0.15, 0.2) is 11.5 Å². The minimum Gasteiger partial charge on any atom is -0.497 e. The Hall–Kier alpha value is -4.33. The molecule has 4 rings (SSSR count). The molecule has 184 valence electrons. The summed E-state index contributed by atoms with van der Waals surface area (Å²) in [7, 11) is 4.66. The highest BCUT2D eigenvalue weighted by Crippen LogP contribution is 2.41. The summed E-state index contributed by atoms with van der Waals surface area (Å²) in [6.45, 7) is 0.455. The fourth-order valence-electron chi connectivity index (χ4n) is 4.33. The van der Waals surface area contributed by atoms with Crippen LogP contribution in [0.1, 0.15) is 22.8 Å². The molecule has 1 aliphatic rings. The van der Waals surface area contributed by atoms with Crippen LogP contribution in [-0.2, 0) is 22.6 Å². The Labute approximate surface area is 209 Å². The van der Waals surface area contributed by atoms with E-state index in [4.69, 9.17) is 19.7 Å². The maximum absolute atomic E-state index is 13.6. The number of ether oxygens (including phenoxy) is 3. The van der Waals surface area contributed by atoms with Crippen LogP contribution >= 0.6 is 0 Å². The van der Waals surface area contributed by atoms with Crippen molar-refractivity contribution in [1.82, 2.24) is 4.90 Å². The standard InChI is InChI=1S/C27H27N5O4/c1-32-25(33)27(29-26(32)30-31-28,24(35-3)21-11-15-22(34-2)16-12-21)17-19-9-13-23(14-10-19)36-18-20-7-5-4-6-8-20/h4-16,24H,17-18H2,1-3H3/t24-,27-/m1/s1. The molecular formula is C27H27N5O4. The summed E-state index contributed by atoms with van der Waals surface area (Å²) in [6.07, 6.45) is -0.511. The Bertz CT molecular complexity index is 1270. The highest BCUT2D eigenvalue weighted by molar-refractivity contribution is 6.08. The smallest absolute Gasteiger partial charge is 0.259 e. The molecule has 0 saturated carbocycles. The van der Waals surface area contributed by atoms with E-state index >= 15 is 0 Å². The third-order valence-electron chi connectivity index (χ3n) is 6.14. The van der Waals surface area contributed by atoms with Crippen LogP contribution < -0.4 is 9.47 Å². The number of nitrogens with zero attached hydrogens (tertiary/aromatic N) is 5. The molecule has 1 heterocycles. The van der Waals surface area contributed by atoms with Crippen molar-refractivity contribution in [3.05, 3.63) is 106 Å². The van der Waals surface area contributed by atoms with Gasteiger partial charge in [-0.15, -0.1) is 0 Å². The summed E-state index contributed by atoms with van der Waals surface area (Å²) >= 11 is 0. The van der Waals surface area contributed by atoms with E-state index < -0.39 is 11.6 Å². The number of carbonyl (C=O) groups is 1. The molecule has 0 radical (unpaired) electrons. The van der Waals surface area contributed by atoms with Crippen LogP contribution in [-0.4, -0.2) is 43.6 Å². The normalized spacial score (nSPS) is 17.8. The molecule has 0 spiro atoms. The van der Waals surface area contributed by atoms with Gasteiger partial charge in [0, 0.05) is 25.5 Å². The van der Waals surface area contributed by atoms with Crippen molar-refractivity contribution in [3.8, 4) is 11.5 Å². The molecule has 0 N–H and O–H groups in total. The topological polar surface area (TPSA) is 109 Å². The number of amides is 1. The molecule has 9 heteroatoms. The summed E-state index contributed by atoms with van der Waals surface area (Å²) in [6, 6.07) is 24.7. The summed E-state index contributed by atoms with van der Waals surface area (Å²) < 4.78 is 17.0. The van der Waals surface area contributed by atoms with Crippen molar-refractivity contribution in [3.63, 3.8) is 0 Å². The Balaban J connectivity index is 1.65. The molecule has 1 amide bonds. The van der Waals surface area contributed by atoms with E-state index in [-0.39, 0.29) is 18.3 Å². The number of carbonyl (C=O) groups excluding carboxylic acids is 1. The van der Waals surface area contributed by atoms with Crippen molar-refractivity contribution >= 4 is 11.9 Å². The van der Waals surface area contributed by atoms with Crippen molar-refractivity contribution in [2.45, 2.75) is 24.7 Å². The lowest BCUT2D eigenvalue weighted by molar-refractivity contribution is -0.135. The van der Waals surface area contributed by atoms with Gasteiger partial charge < -0.3 is 14.2 Å². The highest BCUT2D eigenvalue weighted by Gasteiger charge is 2.53. The molecule has 3 aromatic rings. The lowest BCUT2D eigenvalue weighted by Gasteiger charge is -2.33. The average molecular weight is 486 g/mol. The van der Waals surface area contributed by atoms with Crippen LogP contribution in [0.25, 0.3) is 10.4 Å². The van der Waals surface area contributed by atoms with E-state index in [1.165, 1.54) is 12.0 Å². The maximum Gasteiger partial charge on any atom is 0.259 e. The van der Waals surface area contributed by atoms with Gasteiger partial charge in [0.05, 0.1) is 7.11 Å². The summed E-state index contributed by atoms with van der Waals surface area (Å²) in [4.78, 5) is 22.4. The minimum absolute atomic E-state index is 0.000811. The SMILES string of the molecule is COc1ccc([C@@H](OC)[C@@]2(Cc3ccc(OCc4ccccc4)cc3)N=C(N=[N+]=[N-])N(C)C2=O)cc1. The molecule has 9 nitrogen and oxygen atoms in total. The summed E-state index contributed by atoms with van der Waals surface area (Å²) in [5.74, 6) is 1.07. The van der Waals surface area contributed by atoms with Gasteiger partial charge in [-0.25, -0.2) is 4.99 Å². The number of rotatable bonds is 9. The van der Waals surface area contributed by atoms with Gasteiger partial charge in [-0.2, -0.15) is 0 Å². The molecule has 0 bridgehead atoms. The number of hydrogen-bond acceptors (Lipinski definition) is 6. The zero-order chi connectivity index (χ0) is 25.5. The number of azide groups is 1. The van der Waals surface area contributed by atoms with Gasteiger partial charge in [0.2, 0.25) is 0 Å². The first-order valence-electron chi connectivity index (χ1n) is 11.4. The number of methoxy groups -OCH3 is 2. The van der Waals surface area contributed by atoms with Crippen LogP contribution in [0.4, 0.5) is 0 Å². The first-order valence-corrected chi connectivity index (χ1v) is 11.4. The molecule has 1 aliphatic heterocycles. The zero-order valence-electron chi connectivity index (χ0n) is 20.4. The van der Waals surface area contributed by atoms with E-state index in [0.717, 1.165) is 16.7 Å². The third-order valence-corrected chi connectivity index (χ3v) is 6.14. The van der Waals surface area contributed by atoms with E-state index in [9.17, 15) is 4.79 Å². The largest absolute Gasteiger partial charge is 0.497 e. The molecule has 0 aromatic heterocycles. The lowest BCUT2D eigenvalue weighted by Crippen LogP contribution is -2.47. The maximum atomic E-state index is 13.6. The Morgan fingerprint density at radius 3 is 2.25 bits per heavy atom. The predicted octanol–water partition coefficient (Wildman–Crippen LogP) is 5.08. The van der Waals surface area contributed by atoms with Crippen LogP contribution in [0.5, 0.6) is 11.5 Å². The third kappa shape index (κ3) is 5.02. The van der Waals surface area contributed by atoms with E-state index in [1.54, 1.807) is 26.3 Å². The predicted molar refractivity (Wildman–Crippen MR) is 136 cm³/mol. The second-order valence-corrected chi connectivity index (χ2v) is 8.37. The van der Waals surface area contributed by atoms with Crippen LogP contribution in [0, 0.1) is 0 Å². The van der Waals surface area contributed by atoms with Gasteiger partial charge in [0.25, 0.3) is 5.91 Å². The Morgan fingerprint density at radius 2 is 1.64 bits per heavy atom. The van der Waals surface area contributed by atoms with Crippen LogP contribution in [0.2, 0.25) is 0 Å². The van der Waals surface area contributed by atoms with Crippen molar-refractivity contribution in [2.24, 2.45) is 10.1 Å². The molecule has 36 heavy (non-hydrogen) atoms. The van der Waals surface area contributed by atoms with E-state index in [0.29, 0.717) is 18.1 Å². The number of guanidine groups is 1. The number of benzene rings is 3. The van der Waals surface area contributed by atoms with Gasteiger partial charge >= 0.3 is 0 Å². The quantitative estimate of drug-likeness (QED) is 0.239. The number of likely N-dealkylation sites (N-methyl/N-ethyl adjacent to an activating group) is 1. The van der Waals surface area contributed by atoms with Gasteiger partial charge in [-0.1, -0.05) is 54.6 Å². The lowest BCUT2D eigenvalue weighted by atomic mass is 9.82. The van der Waals surface area contributed by atoms with Crippen LogP contribution in [0.15, 0.2) is 89.0 Å². The van der Waals surface area contributed by atoms with Gasteiger partial charge in [-0.3, -0.25) is 9.69 Å². The van der Waals surface area contributed by atoms with Crippen molar-refractivity contribution in [2.75, 3.05) is 21.3 Å². The minimum atomic E-state index is -1.37. The van der Waals surface area contributed by atoms with E-state index in [1.807, 2.05) is 66.7 Å². The first kappa shape index (κ1) is 24.8. The number of aliphatic imine (C=N–C) groups is 1. The summed E-state index contributed by atoms with van der Waals surface area (Å²) in [5, 5.41) is 3.64. The Morgan fingerprint density at radius 1 is 0.972 bits per heavy atom. The molecule has 0 fully saturated rings. The monoisotopic (exact) mass is 485 g/mol. The molecular weight excluding hydrogens is 458 g/mol. The second kappa shape index (κ2) is 10.9. The first-order chi connectivity index (χ1) is 17.5. The second-order valence-electron chi connectivity index (χ2n) is 8.37. The molecule has 0 unspecified atom stereocenters. The van der Waals surface area contributed by atoms with Gasteiger partial charge in [-0.05, 0) is 51.6 Å².